The molecule has 2 aromatic rings. The fraction of sp³-hybridized carbons (Fsp3) is 0.391. The lowest BCUT2D eigenvalue weighted by Gasteiger charge is -2.30. The molecule has 1 saturated heterocycles. The van der Waals surface area contributed by atoms with Crippen molar-refractivity contribution >= 4 is 21.9 Å². The lowest BCUT2D eigenvalue weighted by Crippen LogP contribution is -2.44. The first-order chi connectivity index (χ1) is 14.8. The summed E-state index contributed by atoms with van der Waals surface area (Å²) in [5.41, 5.74) is 2.84. The Morgan fingerprint density at radius 1 is 1.03 bits per heavy atom. The van der Waals surface area contributed by atoms with Crippen LogP contribution >= 0.6 is 0 Å². The van der Waals surface area contributed by atoms with Gasteiger partial charge in [-0.2, -0.15) is 4.31 Å². The highest BCUT2D eigenvalue weighted by Crippen LogP contribution is 2.25. The lowest BCUT2D eigenvalue weighted by atomic mass is 9.97. The third kappa shape index (κ3) is 5.92. The van der Waals surface area contributed by atoms with Gasteiger partial charge in [-0.3, -0.25) is 9.59 Å². The van der Waals surface area contributed by atoms with Gasteiger partial charge in [-0.15, -0.1) is 0 Å². The highest BCUT2D eigenvalue weighted by Gasteiger charge is 2.32. The van der Waals surface area contributed by atoms with Gasteiger partial charge in [-0.1, -0.05) is 36.4 Å². The predicted octanol–water partition coefficient (Wildman–Crippen LogP) is 2.56. The summed E-state index contributed by atoms with van der Waals surface area (Å²) in [6, 6.07) is 14.4. The van der Waals surface area contributed by atoms with Gasteiger partial charge in [0.2, 0.25) is 15.9 Å². The van der Waals surface area contributed by atoms with Crippen LogP contribution < -0.4 is 5.32 Å². The quantitative estimate of drug-likeness (QED) is 0.663. The van der Waals surface area contributed by atoms with Crippen molar-refractivity contribution < 1.29 is 22.7 Å². The minimum absolute atomic E-state index is 0.157. The Morgan fingerprint density at radius 3 is 2.35 bits per heavy atom. The highest BCUT2D eigenvalue weighted by molar-refractivity contribution is 7.89. The van der Waals surface area contributed by atoms with Gasteiger partial charge in [0.25, 0.3) is 0 Å². The zero-order valence-electron chi connectivity index (χ0n) is 17.8. The van der Waals surface area contributed by atoms with Gasteiger partial charge in [0.05, 0.1) is 4.90 Å². The molecule has 1 fully saturated rings. The van der Waals surface area contributed by atoms with Crippen molar-refractivity contribution in [3.05, 3.63) is 65.2 Å². The smallest absolute Gasteiger partial charge is 0.325 e. The van der Waals surface area contributed by atoms with Crippen molar-refractivity contribution in [1.82, 2.24) is 9.62 Å². The van der Waals surface area contributed by atoms with Crippen LogP contribution in [0.4, 0.5) is 0 Å². The predicted molar refractivity (Wildman–Crippen MR) is 117 cm³/mol. The van der Waals surface area contributed by atoms with Gasteiger partial charge in [0.1, 0.15) is 13.2 Å². The summed E-state index contributed by atoms with van der Waals surface area (Å²) < 4.78 is 32.4. The summed E-state index contributed by atoms with van der Waals surface area (Å²) in [7, 11) is -3.58. The number of sulfonamides is 1. The zero-order valence-corrected chi connectivity index (χ0v) is 18.7. The van der Waals surface area contributed by atoms with Crippen LogP contribution in [0.1, 0.15) is 29.5 Å². The number of amides is 1. The SMILES string of the molecule is Cc1ccc(S(=O)(=O)N2CCC(C(=O)NCC(=O)OCc3ccccc3)CC2)cc1C. The molecule has 166 valence electrons. The van der Waals surface area contributed by atoms with E-state index in [1.807, 2.05) is 44.2 Å². The molecule has 1 heterocycles. The number of rotatable bonds is 7. The van der Waals surface area contributed by atoms with Crippen molar-refractivity contribution in [3.8, 4) is 0 Å². The second kappa shape index (κ2) is 10.1. The highest BCUT2D eigenvalue weighted by atomic mass is 32.2. The summed E-state index contributed by atoms with van der Waals surface area (Å²) >= 11 is 0. The molecule has 8 heteroatoms. The van der Waals surface area contributed by atoms with Crippen LogP contribution in [0.3, 0.4) is 0 Å². The Kier molecular flexibility index (Phi) is 7.46. The molecule has 3 rings (SSSR count). The number of esters is 1. The Hall–Kier alpha value is -2.71. The van der Waals surface area contributed by atoms with Gasteiger partial charge in [-0.05, 0) is 55.5 Å². The van der Waals surface area contributed by atoms with Crippen LogP contribution in [-0.4, -0.2) is 44.2 Å². The van der Waals surface area contributed by atoms with Crippen molar-refractivity contribution in [3.63, 3.8) is 0 Å². The molecule has 7 nitrogen and oxygen atoms in total. The number of ether oxygens (including phenoxy) is 1. The molecule has 1 aliphatic rings. The number of benzene rings is 2. The largest absolute Gasteiger partial charge is 0.460 e. The number of carbonyl (C=O) groups excluding carboxylic acids is 2. The molecular formula is C23H28N2O5S. The molecule has 1 aliphatic heterocycles. The second-order valence-electron chi connectivity index (χ2n) is 7.79. The first-order valence-corrected chi connectivity index (χ1v) is 11.8. The third-order valence-electron chi connectivity index (χ3n) is 5.59. The molecule has 0 unspecified atom stereocenters. The summed E-state index contributed by atoms with van der Waals surface area (Å²) in [6.07, 6.45) is 0.823. The monoisotopic (exact) mass is 444 g/mol. The van der Waals surface area contributed by atoms with Gasteiger partial charge < -0.3 is 10.1 Å². The summed E-state index contributed by atoms with van der Waals surface area (Å²) in [6.45, 7) is 4.32. The van der Waals surface area contributed by atoms with Gasteiger partial charge >= 0.3 is 5.97 Å². The van der Waals surface area contributed by atoms with E-state index >= 15 is 0 Å². The molecule has 1 amide bonds. The van der Waals surface area contributed by atoms with Gasteiger partial charge in [0, 0.05) is 19.0 Å². The van der Waals surface area contributed by atoms with E-state index in [0.29, 0.717) is 12.8 Å². The molecule has 0 aromatic heterocycles. The van der Waals surface area contributed by atoms with Crippen LogP contribution in [0.5, 0.6) is 0 Å². The minimum Gasteiger partial charge on any atom is -0.460 e. The summed E-state index contributed by atoms with van der Waals surface area (Å²) in [4.78, 5) is 24.5. The normalized spacial score (nSPS) is 15.4. The molecule has 0 aliphatic carbocycles. The van der Waals surface area contributed by atoms with Gasteiger partial charge in [-0.25, -0.2) is 8.42 Å². The van der Waals surface area contributed by atoms with Crippen LogP contribution in [-0.2, 0) is 31.0 Å². The average Bonchev–Trinajstić information content (AvgIpc) is 2.78. The Bertz CT molecular complexity index is 1030. The first-order valence-electron chi connectivity index (χ1n) is 10.3. The fourth-order valence-corrected chi connectivity index (χ4v) is 5.03. The maximum atomic E-state index is 12.9. The van der Waals surface area contributed by atoms with Crippen molar-refractivity contribution in [2.45, 2.75) is 38.2 Å². The third-order valence-corrected chi connectivity index (χ3v) is 7.49. The number of hydrogen-bond acceptors (Lipinski definition) is 5. The molecule has 0 spiro atoms. The molecule has 0 saturated carbocycles. The van der Waals surface area contributed by atoms with Crippen LogP contribution in [0.15, 0.2) is 53.4 Å². The maximum Gasteiger partial charge on any atom is 0.325 e. The molecule has 31 heavy (non-hydrogen) atoms. The van der Waals surface area contributed by atoms with Crippen molar-refractivity contribution in [1.29, 1.82) is 0 Å². The Morgan fingerprint density at radius 2 is 1.71 bits per heavy atom. The molecular weight excluding hydrogens is 416 g/mol. The standard InChI is InChI=1S/C23H28N2O5S/c1-17-8-9-21(14-18(17)2)31(28,29)25-12-10-20(11-13-25)23(27)24-15-22(26)30-16-19-6-4-3-5-7-19/h3-9,14,20H,10-13,15-16H2,1-2H3,(H,24,27). The van der Waals surface area contributed by atoms with E-state index in [9.17, 15) is 18.0 Å². The maximum absolute atomic E-state index is 12.9. The fourth-order valence-electron chi connectivity index (χ4n) is 3.47. The van der Waals surface area contributed by atoms with E-state index in [1.54, 1.807) is 18.2 Å². The minimum atomic E-state index is -3.58. The van der Waals surface area contributed by atoms with Crippen molar-refractivity contribution in [2.24, 2.45) is 5.92 Å². The average molecular weight is 445 g/mol. The van der Waals surface area contributed by atoms with E-state index < -0.39 is 16.0 Å². The molecule has 0 atom stereocenters. The van der Waals surface area contributed by atoms with E-state index in [2.05, 4.69) is 5.32 Å². The molecule has 1 N–H and O–H groups in total. The number of aryl methyl sites for hydroxylation is 2. The molecule has 0 bridgehead atoms. The number of nitrogens with zero attached hydrogens (tertiary/aromatic N) is 1. The van der Waals surface area contributed by atoms with E-state index in [0.717, 1.165) is 16.7 Å². The Balaban J connectivity index is 1.46. The number of nitrogens with one attached hydrogen (secondary N) is 1. The lowest BCUT2D eigenvalue weighted by molar-refractivity contribution is -0.145. The summed E-state index contributed by atoms with van der Waals surface area (Å²) in [5.74, 6) is -1.08. The van der Waals surface area contributed by atoms with E-state index in [4.69, 9.17) is 4.74 Å². The number of hydrogen-bond donors (Lipinski definition) is 1. The first kappa shape index (κ1) is 23.0. The number of piperidine rings is 1. The summed E-state index contributed by atoms with van der Waals surface area (Å²) in [5, 5.41) is 2.61. The van der Waals surface area contributed by atoms with E-state index in [-0.39, 0.29) is 43.0 Å². The van der Waals surface area contributed by atoms with Crippen LogP contribution in [0, 0.1) is 19.8 Å². The van der Waals surface area contributed by atoms with Crippen molar-refractivity contribution in [2.75, 3.05) is 19.6 Å². The van der Waals surface area contributed by atoms with Crippen LogP contribution in [0.25, 0.3) is 0 Å². The molecule has 2 aromatic carbocycles. The molecule has 0 radical (unpaired) electrons. The topological polar surface area (TPSA) is 92.8 Å². The van der Waals surface area contributed by atoms with E-state index in [1.165, 1.54) is 4.31 Å². The van der Waals surface area contributed by atoms with Crippen LogP contribution in [0.2, 0.25) is 0 Å². The second-order valence-corrected chi connectivity index (χ2v) is 9.73. The van der Waals surface area contributed by atoms with Gasteiger partial charge in [0.15, 0.2) is 0 Å². The zero-order chi connectivity index (χ0) is 22.4. The number of carbonyl (C=O) groups is 2. The Labute approximate surface area is 183 Å².